The van der Waals surface area contributed by atoms with Crippen LogP contribution in [-0.4, -0.2) is 109 Å². The summed E-state index contributed by atoms with van der Waals surface area (Å²) in [5.74, 6) is -2.07. The molecule has 2 N–H and O–H groups in total. The molecule has 0 radical (unpaired) electrons. The summed E-state index contributed by atoms with van der Waals surface area (Å²) in [7, 11) is 0. The van der Waals surface area contributed by atoms with Gasteiger partial charge < -0.3 is 29.9 Å². The van der Waals surface area contributed by atoms with Crippen LogP contribution in [0.3, 0.4) is 0 Å². The van der Waals surface area contributed by atoms with Crippen molar-refractivity contribution in [3.63, 3.8) is 0 Å². The number of alkyl halides is 3. The van der Waals surface area contributed by atoms with Gasteiger partial charge in [-0.05, 0) is 57.1 Å². The number of nitrogens with one attached hydrogen (secondary N) is 1. The Morgan fingerprint density at radius 1 is 1.06 bits per heavy atom. The monoisotopic (exact) mass is 502 g/mol. The maximum absolute atomic E-state index is 13.1. The number of carbonyl (C=O) groups excluding carboxylic acids is 2. The van der Waals surface area contributed by atoms with Crippen LogP contribution in [0.5, 0.6) is 5.75 Å². The summed E-state index contributed by atoms with van der Waals surface area (Å²) < 4.78 is 37.2. The second kappa shape index (κ2) is 13.9. The van der Waals surface area contributed by atoms with E-state index < -0.39 is 12.1 Å². The molecule has 9 nitrogen and oxygen atoms in total. The highest BCUT2D eigenvalue weighted by Crippen LogP contribution is 2.15. The zero-order valence-corrected chi connectivity index (χ0v) is 19.9. The van der Waals surface area contributed by atoms with Crippen molar-refractivity contribution in [2.45, 2.75) is 25.9 Å². The molecule has 2 aliphatic heterocycles. The van der Waals surface area contributed by atoms with Gasteiger partial charge in [0.2, 0.25) is 5.91 Å². The maximum Gasteiger partial charge on any atom is 0.490 e. The predicted octanol–water partition coefficient (Wildman–Crippen LogP) is 1.69. The molecule has 0 aliphatic carbocycles. The Kier molecular flexibility index (Phi) is 11.3. The van der Waals surface area contributed by atoms with Crippen molar-refractivity contribution in [3.05, 3.63) is 29.8 Å². The molecule has 2 fully saturated rings. The number of benzene rings is 1. The van der Waals surface area contributed by atoms with E-state index >= 15 is 0 Å². The van der Waals surface area contributed by atoms with Crippen molar-refractivity contribution in [2.24, 2.45) is 0 Å². The summed E-state index contributed by atoms with van der Waals surface area (Å²) in [6.45, 7) is 9.25. The van der Waals surface area contributed by atoms with Crippen LogP contribution in [0, 0.1) is 0 Å². The third-order valence-corrected chi connectivity index (χ3v) is 5.62. The summed E-state index contributed by atoms with van der Waals surface area (Å²) in [4.78, 5) is 40.7. The Hall–Kier alpha value is -2.86. The van der Waals surface area contributed by atoms with Crippen molar-refractivity contribution in [2.75, 3.05) is 65.5 Å². The fraction of sp³-hybridized carbons (Fsp3) is 0.609. The molecule has 0 saturated carbocycles. The van der Waals surface area contributed by atoms with Crippen LogP contribution in [0.1, 0.15) is 30.1 Å². The molecule has 12 heteroatoms. The van der Waals surface area contributed by atoms with Crippen LogP contribution in [0.4, 0.5) is 13.2 Å². The minimum atomic E-state index is -5.08. The van der Waals surface area contributed by atoms with Crippen LogP contribution in [-0.2, 0) is 9.59 Å². The first-order chi connectivity index (χ1) is 16.6. The van der Waals surface area contributed by atoms with Gasteiger partial charge in [0.25, 0.3) is 5.91 Å². The third kappa shape index (κ3) is 9.73. The second-order valence-corrected chi connectivity index (χ2v) is 8.17. The number of likely N-dealkylation sites (tertiary alicyclic amines) is 1. The summed E-state index contributed by atoms with van der Waals surface area (Å²) in [6, 6.07) is 7.19. The molecule has 0 unspecified atom stereocenters. The number of carboxylic acids is 1. The SMILES string of the molecule is CCOc1ccc(C(=O)N(CCN2CCCC2)CC(=O)N2CCNCC2)cc1.O=C(O)C(F)(F)F. The summed E-state index contributed by atoms with van der Waals surface area (Å²) >= 11 is 0. The normalized spacial score (nSPS) is 16.3. The zero-order chi connectivity index (χ0) is 25.8. The average molecular weight is 503 g/mol. The van der Waals surface area contributed by atoms with Crippen LogP contribution in [0.15, 0.2) is 24.3 Å². The molecule has 1 aromatic rings. The third-order valence-electron chi connectivity index (χ3n) is 5.62. The fourth-order valence-electron chi connectivity index (χ4n) is 3.74. The highest BCUT2D eigenvalue weighted by molar-refractivity contribution is 5.96. The first kappa shape index (κ1) is 28.4. The van der Waals surface area contributed by atoms with E-state index in [0.29, 0.717) is 31.8 Å². The van der Waals surface area contributed by atoms with E-state index in [1.54, 1.807) is 17.0 Å². The molecular formula is C23H33F3N4O5. The van der Waals surface area contributed by atoms with Crippen molar-refractivity contribution in [1.82, 2.24) is 20.0 Å². The van der Waals surface area contributed by atoms with E-state index in [1.807, 2.05) is 24.0 Å². The van der Waals surface area contributed by atoms with Crippen molar-refractivity contribution in [1.29, 1.82) is 0 Å². The number of hydrogen-bond acceptors (Lipinski definition) is 6. The Morgan fingerprint density at radius 2 is 1.63 bits per heavy atom. The second-order valence-electron chi connectivity index (χ2n) is 8.17. The van der Waals surface area contributed by atoms with Gasteiger partial charge in [-0.25, -0.2) is 4.79 Å². The van der Waals surface area contributed by atoms with Crippen LogP contribution < -0.4 is 10.1 Å². The van der Waals surface area contributed by atoms with E-state index in [2.05, 4.69) is 10.2 Å². The number of hydrogen-bond donors (Lipinski definition) is 2. The molecule has 1 aromatic carbocycles. The number of ether oxygens (including phenoxy) is 1. The van der Waals surface area contributed by atoms with Gasteiger partial charge in [0, 0.05) is 44.8 Å². The molecule has 35 heavy (non-hydrogen) atoms. The number of carbonyl (C=O) groups is 3. The lowest BCUT2D eigenvalue weighted by Crippen LogP contribution is -2.51. The summed E-state index contributed by atoms with van der Waals surface area (Å²) in [5, 5.41) is 10.4. The van der Waals surface area contributed by atoms with Gasteiger partial charge >= 0.3 is 12.1 Å². The maximum atomic E-state index is 13.1. The standard InChI is InChI=1S/C21H32N4O3.C2HF3O2/c1-2-28-19-7-5-18(6-8-19)21(27)25(16-15-23-11-3-4-12-23)17-20(26)24-13-9-22-10-14-24;3-2(4,5)1(6)7/h5-8,22H,2-4,9-17H2,1H3;(H,6,7). The van der Waals surface area contributed by atoms with Crippen LogP contribution >= 0.6 is 0 Å². The van der Waals surface area contributed by atoms with Gasteiger partial charge in [0.05, 0.1) is 6.61 Å². The molecule has 0 atom stereocenters. The topological polar surface area (TPSA) is 102 Å². The molecule has 0 spiro atoms. The number of nitrogens with zero attached hydrogens (tertiary/aromatic N) is 3. The molecule has 0 aromatic heterocycles. The molecule has 2 heterocycles. The van der Waals surface area contributed by atoms with Gasteiger partial charge in [0.1, 0.15) is 12.3 Å². The molecule has 3 rings (SSSR count). The molecule has 2 aliphatic rings. The predicted molar refractivity (Wildman–Crippen MR) is 122 cm³/mol. The van der Waals surface area contributed by atoms with E-state index in [1.165, 1.54) is 12.8 Å². The Labute approximate surface area is 202 Å². The lowest BCUT2D eigenvalue weighted by Gasteiger charge is -2.31. The summed E-state index contributed by atoms with van der Waals surface area (Å²) in [6.07, 6.45) is -2.65. The van der Waals surface area contributed by atoms with Gasteiger partial charge in [-0.2, -0.15) is 13.2 Å². The number of aliphatic carboxylic acids is 1. The number of piperazine rings is 1. The van der Waals surface area contributed by atoms with E-state index in [4.69, 9.17) is 14.6 Å². The number of carboxylic acid groups (broad SMARTS) is 1. The van der Waals surface area contributed by atoms with E-state index in [0.717, 1.165) is 38.5 Å². The minimum Gasteiger partial charge on any atom is -0.494 e. The Bertz CT molecular complexity index is 823. The quantitative estimate of drug-likeness (QED) is 0.558. The van der Waals surface area contributed by atoms with Gasteiger partial charge in [-0.15, -0.1) is 0 Å². The highest BCUT2D eigenvalue weighted by Gasteiger charge is 2.38. The first-order valence-electron chi connectivity index (χ1n) is 11.6. The summed E-state index contributed by atoms with van der Waals surface area (Å²) in [5.41, 5.74) is 0.595. The van der Waals surface area contributed by atoms with Gasteiger partial charge in [-0.3, -0.25) is 9.59 Å². The van der Waals surface area contributed by atoms with Crippen molar-refractivity contribution >= 4 is 17.8 Å². The zero-order valence-electron chi connectivity index (χ0n) is 19.9. The fourth-order valence-corrected chi connectivity index (χ4v) is 3.74. The number of rotatable bonds is 8. The molecule has 2 amide bonds. The van der Waals surface area contributed by atoms with Crippen LogP contribution in [0.25, 0.3) is 0 Å². The van der Waals surface area contributed by atoms with Crippen LogP contribution in [0.2, 0.25) is 0 Å². The van der Waals surface area contributed by atoms with Gasteiger partial charge in [0.15, 0.2) is 0 Å². The molecule has 196 valence electrons. The number of halogens is 3. The Morgan fingerprint density at radius 3 is 2.14 bits per heavy atom. The largest absolute Gasteiger partial charge is 0.494 e. The lowest BCUT2D eigenvalue weighted by molar-refractivity contribution is -0.192. The van der Waals surface area contributed by atoms with Gasteiger partial charge in [-0.1, -0.05) is 0 Å². The highest BCUT2D eigenvalue weighted by atomic mass is 19.4. The Balaban J connectivity index is 0.000000540. The molecule has 2 saturated heterocycles. The van der Waals surface area contributed by atoms with Crippen molar-refractivity contribution in [3.8, 4) is 5.75 Å². The molecular weight excluding hydrogens is 469 g/mol. The molecule has 0 bridgehead atoms. The van der Waals surface area contributed by atoms with E-state index in [9.17, 15) is 22.8 Å². The average Bonchev–Trinajstić information content (AvgIpc) is 3.36. The number of amides is 2. The minimum absolute atomic E-state index is 0.0298. The van der Waals surface area contributed by atoms with E-state index in [-0.39, 0.29) is 18.4 Å². The smallest absolute Gasteiger partial charge is 0.490 e. The first-order valence-corrected chi connectivity index (χ1v) is 11.6. The lowest BCUT2D eigenvalue weighted by atomic mass is 10.2. The van der Waals surface area contributed by atoms with Crippen molar-refractivity contribution < 1.29 is 37.4 Å².